The molecule has 2 atom stereocenters. The highest BCUT2D eigenvalue weighted by Gasteiger charge is 2.46. The molecule has 102 valence electrons. The summed E-state index contributed by atoms with van der Waals surface area (Å²) in [7, 11) is 0. The molecule has 5 heteroatoms. The zero-order valence-electron chi connectivity index (χ0n) is 11.2. The van der Waals surface area contributed by atoms with Crippen molar-refractivity contribution in [2.45, 2.75) is 38.8 Å². The molecular weight excluding hydrogens is 355 g/mol. The third kappa shape index (κ3) is 2.35. The summed E-state index contributed by atoms with van der Waals surface area (Å²) in [6, 6.07) is 7.14. The number of piperazine rings is 1. The highest BCUT2D eigenvalue weighted by Crippen LogP contribution is 2.30. The van der Waals surface area contributed by atoms with Crippen LogP contribution in [0.15, 0.2) is 24.3 Å². The quantitative estimate of drug-likeness (QED) is 0.811. The Labute approximate surface area is 126 Å². The van der Waals surface area contributed by atoms with E-state index in [1.807, 2.05) is 31.2 Å². The van der Waals surface area contributed by atoms with Crippen molar-refractivity contribution in [1.82, 2.24) is 5.32 Å². The Bertz CT molecular complexity index is 532. The summed E-state index contributed by atoms with van der Waals surface area (Å²) in [6.45, 7) is 5.44. The minimum absolute atomic E-state index is 0.0498. The Morgan fingerprint density at radius 3 is 2.58 bits per heavy atom. The molecule has 2 unspecified atom stereocenters. The van der Waals surface area contributed by atoms with Gasteiger partial charge in [0.1, 0.15) is 11.6 Å². The molecular formula is C14H17IN2O2. The average molecular weight is 372 g/mol. The maximum absolute atomic E-state index is 12.7. The number of rotatable bonds is 2. The van der Waals surface area contributed by atoms with Crippen LogP contribution in [0.25, 0.3) is 0 Å². The van der Waals surface area contributed by atoms with Crippen LogP contribution in [0.3, 0.4) is 0 Å². The highest BCUT2D eigenvalue weighted by molar-refractivity contribution is 14.1. The first-order valence-electron chi connectivity index (χ1n) is 6.31. The second kappa shape index (κ2) is 5.11. The van der Waals surface area contributed by atoms with E-state index in [0.29, 0.717) is 6.42 Å². The first kappa shape index (κ1) is 14.3. The first-order chi connectivity index (χ1) is 8.90. The zero-order chi connectivity index (χ0) is 14.2. The van der Waals surface area contributed by atoms with Crippen molar-refractivity contribution in [1.29, 1.82) is 0 Å². The minimum Gasteiger partial charge on any atom is -0.340 e. The summed E-state index contributed by atoms with van der Waals surface area (Å²) in [5.74, 6) is -0.158. The van der Waals surface area contributed by atoms with Crippen LogP contribution in [-0.2, 0) is 9.59 Å². The predicted molar refractivity (Wildman–Crippen MR) is 82.9 cm³/mol. The number of anilines is 1. The Morgan fingerprint density at radius 1 is 1.37 bits per heavy atom. The summed E-state index contributed by atoms with van der Waals surface area (Å²) >= 11 is 2.19. The normalized spacial score (nSPS) is 27.4. The molecule has 2 rings (SSSR count). The van der Waals surface area contributed by atoms with Crippen molar-refractivity contribution >= 4 is 40.1 Å². The number of para-hydroxylation sites is 1. The largest absolute Gasteiger partial charge is 0.340 e. The first-order valence-corrected chi connectivity index (χ1v) is 7.39. The van der Waals surface area contributed by atoms with Gasteiger partial charge in [-0.05, 0) is 55.0 Å². The summed E-state index contributed by atoms with van der Waals surface area (Å²) in [5, 5.41) is 2.83. The Balaban J connectivity index is 2.50. The van der Waals surface area contributed by atoms with Crippen LogP contribution in [-0.4, -0.2) is 23.4 Å². The van der Waals surface area contributed by atoms with Crippen molar-refractivity contribution in [2.75, 3.05) is 4.90 Å². The van der Waals surface area contributed by atoms with Gasteiger partial charge in [0.15, 0.2) is 0 Å². The maximum atomic E-state index is 12.7. The number of benzene rings is 1. The van der Waals surface area contributed by atoms with Gasteiger partial charge in [-0.3, -0.25) is 14.5 Å². The Morgan fingerprint density at radius 2 is 2.00 bits per heavy atom. The monoisotopic (exact) mass is 372 g/mol. The molecule has 0 radical (unpaired) electrons. The van der Waals surface area contributed by atoms with Crippen LogP contribution >= 0.6 is 22.6 Å². The van der Waals surface area contributed by atoms with Gasteiger partial charge in [-0.1, -0.05) is 19.1 Å². The molecule has 0 saturated carbocycles. The standard InChI is InChI=1S/C14H17IN2O2/c1-4-14(3)13(19)17(9(2)12(18)16-14)11-8-6-5-7-10(11)15/h5-9H,4H2,1-3H3,(H,16,18). The van der Waals surface area contributed by atoms with Gasteiger partial charge in [-0.15, -0.1) is 0 Å². The second-order valence-electron chi connectivity index (χ2n) is 4.98. The SMILES string of the molecule is CCC1(C)NC(=O)C(C)N(c2ccccc2I)C1=O. The molecule has 19 heavy (non-hydrogen) atoms. The highest BCUT2D eigenvalue weighted by atomic mass is 127. The van der Waals surface area contributed by atoms with Crippen molar-refractivity contribution in [3.8, 4) is 0 Å². The fourth-order valence-corrected chi connectivity index (χ4v) is 2.84. The van der Waals surface area contributed by atoms with E-state index in [-0.39, 0.29) is 11.8 Å². The summed E-state index contributed by atoms with van der Waals surface area (Å²) in [4.78, 5) is 26.4. The Kier molecular flexibility index (Phi) is 3.85. The zero-order valence-corrected chi connectivity index (χ0v) is 13.4. The van der Waals surface area contributed by atoms with E-state index in [9.17, 15) is 9.59 Å². The van der Waals surface area contributed by atoms with E-state index in [4.69, 9.17) is 0 Å². The van der Waals surface area contributed by atoms with Crippen molar-refractivity contribution in [3.05, 3.63) is 27.8 Å². The van der Waals surface area contributed by atoms with Gasteiger partial charge in [0.25, 0.3) is 5.91 Å². The maximum Gasteiger partial charge on any atom is 0.253 e. The third-order valence-corrected chi connectivity index (χ3v) is 4.59. The van der Waals surface area contributed by atoms with E-state index >= 15 is 0 Å². The van der Waals surface area contributed by atoms with Crippen LogP contribution in [0.5, 0.6) is 0 Å². The van der Waals surface area contributed by atoms with Crippen molar-refractivity contribution in [2.24, 2.45) is 0 Å². The van der Waals surface area contributed by atoms with Crippen LogP contribution in [0.1, 0.15) is 27.2 Å². The van der Waals surface area contributed by atoms with E-state index in [0.717, 1.165) is 9.26 Å². The van der Waals surface area contributed by atoms with Gasteiger partial charge >= 0.3 is 0 Å². The molecule has 1 N–H and O–H groups in total. The van der Waals surface area contributed by atoms with E-state index < -0.39 is 11.6 Å². The lowest BCUT2D eigenvalue weighted by atomic mass is 9.92. The molecule has 2 amide bonds. The number of amides is 2. The smallest absolute Gasteiger partial charge is 0.253 e. The van der Waals surface area contributed by atoms with Crippen LogP contribution < -0.4 is 10.2 Å². The molecule has 1 aromatic rings. The van der Waals surface area contributed by atoms with Crippen LogP contribution in [0, 0.1) is 3.57 Å². The van der Waals surface area contributed by atoms with Crippen LogP contribution in [0.2, 0.25) is 0 Å². The number of hydrogen-bond acceptors (Lipinski definition) is 2. The molecule has 1 saturated heterocycles. The fourth-order valence-electron chi connectivity index (χ4n) is 2.19. The second-order valence-corrected chi connectivity index (χ2v) is 6.14. The molecule has 1 fully saturated rings. The lowest BCUT2D eigenvalue weighted by Crippen LogP contribution is -2.68. The fraction of sp³-hybridized carbons (Fsp3) is 0.429. The molecule has 1 aliphatic heterocycles. The molecule has 0 aliphatic carbocycles. The topological polar surface area (TPSA) is 49.4 Å². The molecule has 1 heterocycles. The molecule has 0 spiro atoms. The number of hydrogen-bond donors (Lipinski definition) is 1. The number of halogens is 1. The number of nitrogens with zero attached hydrogens (tertiary/aromatic N) is 1. The number of nitrogens with one attached hydrogen (secondary N) is 1. The van der Waals surface area contributed by atoms with E-state index in [2.05, 4.69) is 27.9 Å². The van der Waals surface area contributed by atoms with Gasteiger partial charge in [0.05, 0.1) is 5.69 Å². The molecule has 0 aromatic heterocycles. The summed E-state index contributed by atoms with van der Waals surface area (Å²) in [5.41, 5.74) is -0.0159. The van der Waals surface area contributed by atoms with E-state index in [1.165, 1.54) is 0 Å². The average Bonchev–Trinajstić information content (AvgIpc) is 2.39. The predicted octanol–water partition coefficient (Wildman–Crippen LogP) is 2.31. The molecule has 0 bridgehead atoms. The van der Waals surface area contributed by atoms with Crippen molar-refractivity contribution in [3.63, 3.8) is 0 Å². The van der Waals surface area contributed by atoms with Gasteiger partial charge in [-0.25, -0.2) is 0 Å². The van der Waals surface area contributed by atoms with Crippen molar-refractivity contribution < 1.29 is 9.59 Å². The van der Waals surface area contributed by atoms with Gasteiger partial charge in [-0.2, -0.15) is 0 Å². The lowest BCUT2D eigenvalue weighted by Gasteiger charge is -2.43. The Hall–Kier alpha value is -1.11. The van der Waals surface area contributed by atoms with E-state index in [1.54, 1.807) is 18.7 Å². The number of carbonyl (C=O) groups is 2. The summed E-state index contributed by atoms with van der Waals surface area (Å²) < 4.78 is 0.966. The lowest BCUT2D eigenvalue weighted by molar-refractivity contribution is -0.137. The third-order valence-electron chi connectivity index (χ3n) is 3.68. The van der Waals surface area contributed by atoms with Crippen LogP contribution in [0.4, 0.5) is 5.69 Å². The van der Waals surface area contributed by atoms with Gasteiger partial charge in [0.2, 0.25) is 5.91 Å². The van der Waals surface area contributed by atoms with Gasteiger partial charge in [0, 0.05) is 3.57 Å². The minimum atomic E-state index is -0.817. The van der Waals surface area contributed by atoms with Gasteiger partial charge < -0.3 is 5.32 Å². The number of carbonyl (C=O) groups excluding carboxylic acids is 2. The molecule has 1 aliphatic rings. The summed E-state index contributed by atoms with van der Waals surface area (Å²) in [6.07, 6.45) is 0.574. The molecule has 1 aromatic carbocycles. The molecule has 4 nitrogen and oxygen atoms in total.